The molecule has 0 bridgehead atoms. The molecule has 10 aromatic rings. The van der Waals surface area contributed by atoms with E-state index in [0.717, 1.165) is 61.0 Å². The van der Waals surface area contributed by atoms with Crippen LogP contribution < -0.4 is 0 Å². The summed E-state index contributed by atoms with van der Waals surface area (Å²) in [5.41, 5.74) is 11.4. The van der Waals surface area contributed by atoms with E-state index in [1.54, 1.807) is 0 Å². The van der Waals surface area contributed by atoms with E-state index in [4.69, 9.17) is 4.98 Å². The van der Waals surface area contributed by atoms with Gasteiger partial charge in [-0.05, 0) is 104 Å². The number of benzene rings is 8. The predicted molar refractivity (Wildman–Crippen MR) is 216 cm³/mol. The maximum atomic E-state index is 9.55. The molecule has 10 rings (SSSR count). The van der Waals surface area contributed by atoms with Crippen LogP contribution in [0.25, 0.3) is 93.6 Å². The number of imidazole rings is 1. The molecule has 0 amide bonds. The molecular formula is C49H28N4. The minimum Gasteiger partial charge on any atom is -0.291 e. The minimum atomic E-state index is 0.597. The van der Waals surface area contributed by atoms with E-state index in [9.17, 15) is 10.5 Å². The van der Waals surface area contributed by atoms with Crippen LogP contribution in [-0.2, 0) is 0 Å². The summed E-state index contributed by atoms with van der Waals surface area (Å²) in [6.45, 7) is 0. The summed E-state index contributed by atoms with van der Waals surface area (Å²) >= 11 is 0. The third-order valence-corrected chi connectivity index (χ3v) is 10.4. The van der Waals surface area contributed by atoms with Gasteiger partial charge in [0.25, 0.3) is 0 Å². The van der Waals surface area contributed by atoms with Crippen molar-refractivity contribution in [3.63, 3.8) is 0 Å². The summed E-state index contributed by atoms with van der Waals surface area (Å²) in [5.74, 6) is 0. The maximum absolute atomic E-state index is 9.55. The van der Waals surface area contributed by atoms with Gasteiger partial charge in [-0.3, -0.25) is 4.40 Å². The Morgan fingerprint density at radius 2 is 0.868 bits per heavy atom. The number of hydrogen-bond acceptors (Lipinski definition) is 3. The number of nitrogens with zero attached hydrogens (tertiary/aromatic N) is 4. The second-order valence-electron chi connectivity index (χ2n) is 13.5. The SMILES string of the molecule is N#Cc1ccc(-c2nc3c4ccccc4c4cc(-c5ccc6cc(-c7ccc8ccccc8c7)ccc6c5)ccc4n3c2-c2ccc(C#N)cc2)cc1. The van der Waals surface area contributed by atoms with Crippen molar-refractivity contribution in [3.8, 4) is 56.9 Å². The van der Waals surface area contributed by atoms with Crippen LogP contribution >= 0.6 is 0 Å². The number of nitriles is 2. The molecule has 8 aromatic carbocycles. The average Bonchev–Trinajstić information content (AvgIpc) is 3.64. The lowest BCUT2D eigenvalue weighted by molar-refractivity contribution is 1.27. The number of hydrogen-bond donors (Lipinski definition) is 0. The van der Waals surface area contributed by atoms with Crippen molar-refractivity contribution in [2.24, 2.45) is 0 Å². The molecule has 4 heteroatoms. The first kappa shape index (κ1) is 30.3. The zero-order chi connectivity index (χ0) is 35.5. The van der Waals surface area contributed by atoms with Gasteiger partial charge < -0.3 is 0 Å². The lowest BCUT2D eigenvalue weighted by Gasteiger charge is -2.14. The Kier molecular flexibility index (Phi) is 6.90. The fourth-order valence-corrected chi connectivity index (χ4v) is 7.72. The summed E-state index contributed by atoms with van der Waals surface area (Å²) in [7, 11) is 0. The Bertz CT molecular complexity index is 3170. The largest absolute Gasteiger partial charge is 0.291 e. The van der Waals surface area contributed by atoms with Crippen LogP contribution in [0.1, 0.15) is 11.1 Å². The van der Waals surface area contributed by atoms with Gasteiger partial charge in [-0.15, -0.1) is 0 Å². The standard InChI is InChI=1S/C49H28N4/c50-29-31-9-13-34(14-10-31)47-48(35-15-11-32(30-51)12-16-35)53-46-24-23-42(28-45(46)43-7-3-4-8-44(43)49(53)52-47)41-22-21-39-26-38(19-20-40(39)27-41)37-18-17-33-5-1-2-6-36(33)25-37/h1-28H. The average molecular weight is 673 g/mol. The molecule has 0 saturated carbocycles. The van der Waals surface area contributed by atoms with Gasteiger partial charge in [0, 0.05) is 21.9 Å². The van der Waals surface area contributed by atoms with Crippen molar-refractivity contribution in [1.29, 1.82) is 10.5 Å². The minimum absolute atomic E-state index is 0.597. The molecular weight excluding hydrogens is 645 g/mol. The number of pyridine rings is 1. The van der Waals surface area contributed by atoms with Crippen molar-refractivity contribution >= 4 is 48.9 Å². The van der Waals surface area contributed by atoms with Crippen LogP contribution in [0.15, 0.2) is 170 Å². The van der Waals surface area contributed by atoms with Gasteiger partial charge in [-0.1, -0.05) is 115 Å². The summed E-state index contributed by atoms with van der Waals surface area (Å²) < 4.78 is 2.26. The highest BCUT2D eigenvalue weighted by atomic mass is 15.0. The second kappa shape index (κ2) is 12.1. The molecule has 2 aromatic heterocycles. The van der Waals surface area contributed by atoms with Gasteiger partial charge >= 0.3 is 0 Å². The number of fused-ring (bicyclic) bond motifs is 8. The van der Waals surface area contributed by atoms with Crippen LogP contribution in [0.2, 0.25) is 0 Å². The fraction of sp³-hybridized carbons (Fsp3) is 0. The third kappa shape index (κ3) is 5.01. The predicted octanol–water partition coefficient (Wildman–Crippen LogP) is 12.4. The molecule has 53 heavy (non-hydrogen) atoms. The van der Waals surface area contributed by atoms with Crippen molar-refractivity contribution in [2.75, 3.05) is 0 Å². The summed E-state index contributed by atoms with van der Waals surface area (Å²) in [6, 6.07) is 63.5. The monoisotopic (exact) mass is 672 g/mol. The molecule has 0 radical (unpaired) electrons. The Hall–Kier alpha value is -7.53. The van der Waals surface area contributed by atoms with E-state index in [0.29, 0.717) is 11.1 Å². The van der Waals surface area contributed by atoms with E-state index in [1.807, 2.05) is 48.5 Å². The van der Waals surface area contributed by atoms with Crippen LogP contribution in [0.4, 0.5) is 0 Å². The quantitative estimate of drug-likeness (QED) is 0.175. The molecule has 0 N–H and O–H groups in total. The second-order valence-corrected chi connectivity index (χ2v) is 13.5. The summed E-state index contributed by atoms with van der Waals surface area (Å²) in [4.78, 5) is 5.31. The van der Waals surface area contributed by atoms with Gasteiger partial charge in [0.2, 0.25) is 0 Å². The van der Waals surface area contributed by atoms with Crippen LogP contribution in [0.3, 0.4) is 0 Å². The molecule has 244 valence electrons. The Balaban J connectivity index is 1.15. The molecule has 2 heterocycles. The van der Waals surface area contributed by atoms with E-state index in [1.165, 1.54) is 32.7 Å². The molecule has 0 spiro atoms. The van der Waals surface area contributed by atoms with Crippen molar-refractivity contribution in [1.82, 2.24) is 9.38 Å². The zero-order valence-corrected chi connectivity index (χ0v) is 28.5. The Morgan fingerprint density at radius 1 is 0.396 bits per heavy atom. The zero-order valence-electron chi connectivity index (χ0n) is 28.5. The first-order chi connectivity index (χ1) is 26.1. The van der Waals surface area contributed by atoms with Crippen LogP contribution in [-0.4, -0.2) is 9.38 Å². The molecule has 0 unspecified atom stereocenters. The van der Waals surface area contributed by atoms with Crippen LogP contribution in [0.5, 0.6) is 0 Å². The normalized spacial score (nSPS) is 11.4. The highest BCUT2D eigenvalue weighted by Gasteiger charge is 2.21. The van der Waals surface area contributed by atoms with E-state index in [2.05, 4.69) is 138 Å². The fourth-order valence-electron chi connectivity index (χ4n) is 7.72. The molecule has 0 aliphatic rings. The highest BCUT2D eigenvalue weighted by molar-refractivity contribution is 6.14. The summed E-state index contributed by atoms with van der Waals surface area (Å²) in [5, 5.41) is 27.2. The summed E-state index contributed by atoms with van der Waals surface area (Å²) in [6.07, 6.45) is 0. The lowest BCUT2D eigenvalue weighted by Crippen LogP contribution is -1.95. The van der Waals surface area contributed by atoms with E-state index >= 15 is 0 Å². The van der Waals surface area contributed by atoms with Crippen molar-refractivity contribution in [3.05, 3.63) is 181 Å². The van der Waals surface area contributed by atoms with Gasteiger partial charge in [0.1, 0.15) is 5.65 Å². The first-order valence-corrected chi connectivity index (χ1v) is 17.6. The van der Waals surface area contributed by atoms with Crippen LogP contribution in [0, 0.1) is 22.7 Å². The van der Waals surface area contributed by atoms with Gasteiger partial charge in [-0.2, -0.15) is 10.5 Å². The molecule has 4 nitrogen and oxygen atoms in total. The first-order valence-electron chi connectivity index (χ1n) is 17.6. The third-order valence-electron chi connectivity index (χ3n) is 10.4. The van der Waals surface area contributed by atoms with Crippen molar-refractivity contribution in [2.45, 2.75) is 0 Å². The molecule has 0 saturated heterocycles. The Morgan fingerprint density at radius 3 is 1.49 bits per heavy atom. The van der Waals surface area contributed by atoms with E-state index < -0.39 is 0 Å². The molecule has 0 fully saturated rings. The topological polar surface area (TPSA) is 64.9 Å². The molecule has 0 atom stereocenters. The number of aromatic nitrogens is 2. The molecule has 0 aliphatic heterocycles. The molecule has 0 aliphatic carbocycles. The maximum Gasteiger partial charge on any atom is 0.146 e. The Labute approximate surface area is 305 Å². The van der Waals surface area contributed by atoms with Gasteiger partial charge in [0.05, 0.1) is 40.2 Å². The van der Waals surface area contributed by atoms with E-state index in [-0.39, 0.29) is 0 Å². The highest BCUT2D eigenvalue weighted by Crippen LogP contribution is 2.40. The van der Waals surface area contributed by atoms with Gasteiger partial charge in [0.15, 0.2) is 0 Å². The van der Waals surface area contributed by atoms with Crippen molar-refractivity contribution < 1.29 is 0 Å². The van der Waals surface area contributed by atoms with Gasteiger partial charge in [-0.25, -0.2) is 4.98 Å². The smallest absolute Gasteiger partial charge is 0.146 e. The number of rotatable bonds is 4. The lowest BCUT2D eigenvalue weighted by atomic mass is 9.95.